The maximum Gasteiger partial charge on any atom is 0.0509 e. The number of ether oxygens (including phenoxy) is 1. The van der Waals surface area contributed by atoms with Crippen LogP contribution in [0.5, 0.6) is 0 Å². The van der Waals surface area contributed by atoms with Crippen LogP contribution in [-0.2, 0) is 4.74 Å². The van der Waals surface area contributed by atoms with Crippen LogP contribution >= 0.6 is 0 Å². The van der Waals surface area contributed by atoms with E-state index in [0.717, 1.165) is 19.1 Å². The van der Waals surface area contributed by atoms with Crippen molar-refractivity contribution in [2.45, 2.75) is 38.3 Å². The van der Waals surface area contributed by atoms with Gasteiger partial charge in [-0.2, -0.15) is 0 Å². The molecule has 0 saturated carbocycles. The number of rotatable bonds is 3. The van der Waals surface area contributed by atoms with Gasteiger partial charge in [-0.1, -0.05) is 0 Å². The number of nitrogens with zero attached hydrogens (tertiary/aromatic N) is 1. The van der Waals surface area contributed by atoms with Gasteiger partial charge in [0.1, 0.15) is 0 Å². The molecule has 2 rings (SSSR count). The standard InChI is InChI=1S/C12H24N2O/c1-10(11-5-7-15-9-11)13-12-4-3-6-14(2)8-12/h10-13H,3-9H2,1-2H3. The molecule has 1 N–H and O–H groups in total. The molecule has 0 radical (unpaired) electrons. The van der Waals surface area contributed by atoms with Crippen molar-refractivity contribution < 1.29 is 4.74 Å². The summed E-state index contributed by atoms with van der Waals surface area (Å²) in [5, 5.41) is 3.77. The minimum absolute atomic E-state index is 0.615. The van der Waals surface area contributed by atoms with Crippen LogP contribution < -0.4 is 5.32 Å². The fourth-order valence-corrected chi connectivity index (χ4v) is 2.76. The van der Waals surface area contributed by atoms with Gasteiger partial charge in [0.2, 0.25) is 0 Å². The Kier molecular flexibility index (Phi) is 4.00. The van der Waals surface area contributed by atoms with Crippen molar-refractivity contribution in [2.24, 2.45) is 5.92 Å². The van der Waals surface area contributed by atoms with Crippen molar-refractivity contribution in [2.75, 3.05) is 33.4 Å². The summed E-state index contributed by atoms with van der Waals surface area (Å²) >= 11 is 0. The van der Waals surface area contributed by atoms with Gasteiger partial charge in [-0.05, 0) is 45.7 Å². The van der Waals surface area contributed by atoms with Crippen molar-refractivity contribution in [3.8, 4) is 0 Å². The normalized spacial score (nSPS) is 35.6. The second-order valence-corrected chi connectivity index (χ2v) is 5.18. The lowest BCUT2D eigenvalue weighted by molar-refractivity contribution is 0.167. The Morgan fingerprint density at radius 2 is 2.27 bits per heavy atom. The second-order valence-electron chi connectivity index (χ2n) is 5.18. The van der Waals surface area contributed by atoms with E-state index in [2.05, 4.69) is 24.2 Å². The molecule has 2 heterocycles. The molecule has 0 aromatic rings. The zero-order valence-electron chi connectivity index (χ0n) is 10.0. The van der Waals surface area contributed by atoms with Crippen molar-refractivity contribution in [3.05, 3.63) is 0 Å². The molecule has 3 nitrogen and oxygen atoms in total. The summed E-state index contributed by atoms with van der Waals surface area (Å²) in [6, 6.07) is 1.31. The third kappa shape index (κ3) is 3.16. The fourth-order valence-electron chi connectivity index (χ4n) is 2.76. The Hall–Kier alpha value is -0.120. The number of piperidine rings is 1. The van der Waals surface area contributed by atoms with Crippen molar-refractivity contribution >= 4 is 0 Å². The molecule has 0 aromatic carbocycles. The van der Waals surface area contributed by atoms with Gasteiger partial charge in [0, 0.05) is 25.2 Å². The van der Waals surface area contributed by atoms with Gasteiger partial charge in [0.05, 0.1) is 6.61 Å². The van der Waals surface area contributed by atoms with Gasteiger partial charge in [-0.15, -0.1) is 0 Å². The van der Waals surface area contributed by atoms with Crippen molar-refractivity contribution in [3.63, 3.8) is 0 Å². The summed E-state index contributed by atoms with van der Waals surface area (Å²) in [6.45, 7) is 6.70. The molecular weight excluding hydrogens is 188 g/mol. The van der Waals surface area contributed by atoms with Crippen molar-refractivity contribution in [1.82, 2.24) is 10.2 Å². The lowest BCUT2D eigenvalue weighted by atomic mass is 9.98. The first-order valence-electron chi connectivity index (χ1n) is 6.28. The Balaban J connectivity index is 1.74. The Labute approximate surface area is 93.2 Å². The Bertz CT molecular complexity index is 192. The van der Waals surface area contributed by atoms with Crippen LogP contribution in [0, 0.1) is 5.92 Å². The predicted molar refractivity (Wildman–Crippen MR) is 62.0 cm³/mol. The van der Waals surface area contributed by atoms with Crippen LogP contribution in [0.1, 0.15) is 26.2 Å². The summed E-state index contributed by atoms with van der Waals surface area (Å²) in [4.78, 5) is 2.43. The van der Waals surface area contributed by atoms with E-state index in [1.807, 2.05) is 0 Å². The zero-order chi connectivity index (χ0) is 10.7. The highest BCUT2D eigenvalue weighted by Gasteiger charge is 2.25. The second kappa shape index (κ2) is 5.28. The lowest BCUT2D eigenvalue weighted by Crippen LogP contribution is -2.49. The molecule has 0 aliphatic carbocycles. The lowest BCUT2D eigenvalue weighted by Gasteiger charge is -2.33. The molecule has 2 saturated heterocycles. The molecule has 0 amide bonds. The molecule has 3 atom stereocenters. The van der Waals surface area contributed by atoms with E-state index in [0.29, 0.717) is 12.1 Å². The maximum atomic E-state index is 5.44. The third-order valence-electron chi connectivity index (χ3n) is 3.80. The topological polar surface area (TPSA) is 24.5 Å². The SMILES string of the molecule is CC(NC1CCCN(C)C1)C1CCOC1. The van der Waals surface area contributed by atoms with Crippen LogP contribution in [-0.4, -0.2) is 50.3 Å². The smallest absolute Gasteiger partial charge is 0.0509 e. The number of nitrogens with one attached hydrogen (secondary N) is 1. The quantitative estimate of drug-likeness (QED) is 0.758. The molecular formula is C12H24N2O. The zero-order valence-corrected chi connectivity index (χ0v) is 10.0. The van der Waals surface area contributed by atoms with Crippen LogP contribution in [0.3, 0.4) is 0 Å². The summed E-state index contributed by atoms with van der Waals surface area (Å²) < 4.78 is 5.44. The predicted octanol–water partition coefficient (Wildman–Crippen LogP) is 1.10. The average Bonchev–Trinajstić information content (AvgIpc) is 2.70. The average molecular weight is 212 g/mol. The molecule has 3 unspecified atom stereocenters. The highest BCUT2D eigenvalue weighted by atomic mass is 16.5. The van der Waals surface area contributed by atoms with E-state index in [9.17, 15) is 0 Å². The first-order valence-corrected chi connectivity index (χ1v) is 6.28. The minimum Gasteiger partial charge on any atom is -0.381 e. The summed E-state index contributed by atoms with van der Waals surface area (Å²) in [5.41, 5.74) is 0. The molecule has 0 bridgehead atoms. The Morgan fingerprint density at radius 1 is 1.40 bits per heavy atom. The highest BCUT2D eigenvalue weighted by Crippen LogP contribution is 2.18. The van der Waals surface area contributed by atoms with Gasteiger partial charge < -0.3 is 15.0 Å². The van der Waals surface area contributed by atoms with E-state index in [1.165, 1.54) is 32.4 Å². The molecule has 0 aromatic heterocycles. The first-order chi connectivity index (χ1) is 7.25. The van der Waals surface area contributed by atoms with E-state index in [1.54, 1.807) is 0 Å². The van der Waals surface area contributed by atoms with Gasteiger partial charge in [0.25, 0.3) is 0 Å². The monoisotopic (exact) mass is 212 g/mol. The van der Waals surface area contributed by atoms with Gasteiger partial charge in [-0.3, -0.25) is 0 Å². The number of likely N-dealkylation sites (N-methyl/N-ethyl adjacent to an activating group) is 1. The number of hydrogen-bond acceptors (Lipinski definition) is 3. The van der Waals surface area contributed by atoms with Gasteiger partial charge in [-0.25, -0.2) is 0 Å². The van der Waals surface area contributed by atoms with Gasteiger partial charge >= 0.3 is 0 Å². The van der Waals surface area contributed by atoms with Crippen LogP contribution in [0.2, 0.25) is 0 Å². The minimum atomic E-state index is 0.615. The summed E-state index contributed by atoms with van der Waals surface area (Å²) in [7, 11) is 2.22. The summed E-state index contributed by atoms with van der Waals surface area (Å²) in [6.07, 6.45) is 3.90. The van der Waals surface area contributed by atoms with Crippen LogP contribution in [0.15, 0.2) is 0 Å². The van der Waals surface area contributed by atoms with Crippen molar-refractivity contribution in [1.29, 1.82) is 0 Å². The summed E-state index contributed by atoms with van der Waals surface area (Å²) in [5.74, 6) is 0.734. The Morgan fingerprint density at radius 3 is 2.93 bits per heavy atom. The third-order valence-corrected chi connectivity index (χ3v) is 3.80. The highest BCUT2D eigenvalue weighted by molar-refractivity contribution is 4.83. The first kappa shape index (κ1) is 11.4. The number of hydrogen-bond donors (Lipinski definition) is 1. The molecule has 2 aliphatic heterocycles. The molecule has 0 spiro atoms. The fraction of sp³-hybridized carbons (Fsp3) is 1.00. The molecule has 88 valence electrons. The van der Waals surface area contributed by atoms with E-state index in [4.69, 9.17) is 4.74 Å². The largest absolute Gasteiger partial charge is 0.381 e. The van der Waals surface area contributed by atoms with E-state index >= 15 is 0 Å². The molecule has 3 heteroatoms. The van der Waals surface area contributed by atoms with E-state index < -0.39 is 0 Å². The van der Waals surface area contributed by atoms with Crippen LogP contribution in [0.4, 0.5) is 0 Å². The van der Waals surface area contributed by atoms with E-state index in [-0.39, 0.29) is 0 Å². The van der Waals surface area contributed by atoms with Gasteiger partial charge in [0.15, 0.2) is 0 Å². The molecule has 2 fully saturated rings. The maximum absolute atomic E-state index is 5.44. The molecule has 2 aliphatic rings. The number of likely N-dealkylation sites (tertiary alicyclic amines) is 1. The molecule has 15 heavy (non-hydrogen) atoms. The van der Waals surface area contributed by atoms with Crippen LogP contribution in [0.25, 0.3) is 0 Å².